The van der Waals surface area contributed by atoms with Crippen molar-refractivity contribution >= 4 is 11.6 Å². The third-order valence-corrected chi connectivity index (χ3v) is 2.11. The van der Waals surface area contributed by atoms with Crippen LogP contribution < -0.4 is 5.32 Å². The van der Waals surface area contributed by atoms with E-state index in [0.717, 1.165) is 0 Å². The molecule has 0 aliphatic heterocycles. The van der Waals surface area contributed by atoms with Gasteiger partial charge in [0.25, 0.3) is 0 Å². The van der Waals surface area contributed by atoms with Crippen LogP contribution in [0.1, 0.15) is 18.7 Å². The van der Waals surface area contributed by atoms with Crippen molar-refractivity contribution in [2.45, 2.75) is 19.9 Å². The number of nitrogens with one attached hydrogen (secondary N) is 1. The molecule has 0 aromatic carbocycles. The molecule has 0 aliphatic rings. The Hall–Kier alpha value is -1.92. The van der Waals surface area contributed by atoms with Crippen LogP contribution in [0.15, 0.2) is 6.20 Å². The molecule has 1 atom stereocenters. The van der Waals surface area contributed by atoms with Crippen LogP contribution in [0.3, 0.4) is 0 Å². The van der Waals surface area contributed by atoms with E-state index in [-0.39, 0.29) is 11.6 Å². The second kappa shape index (κ2) is 4.07. The summed E-state index contributed by atoms with van der Waals surface area (Å²) in [6, 6.07) is -0.553. The monoisotopic (exact) mass is 212 g/mol. The molecular weight excluding hydrogens is 200 g/mol. The molecule has 1 heterocycles. The maximum atomic E-state index is 11.3. The Kier molecular flexibility index (Phi) is 3.03. The molecule has 1 unspecified atom stereocenters. The van der Waals surface area contributed by atoms with E-state index in [2.05, 4.69) is 10.4 Å². The van der Waals surface area contributed by atoms with E-state index >= 15 is 0 Å². The minimum absolute atomic E-state index is 0.0780. The van der Waals surface area contributed by atoms with Gasteiger partial charge in [0.05, 0.1) is 4.92 Å². The molecule has 1 aromatic heterocycles. The molecule has 0 saturated heterocycles. The Morgan fingerprint density at radius 1 is 1.73 bits per heavy atom. The Bertz CT molecular complexity index is 399. The van der Waals surface area contributed by atoms with Gasteiger partial charge in [-0.25, -0.2) is 0 Å². The van der Waals surface area contributed by atoms with E-state index < -0.39 is 11.0 Å². The fourth-order valence-electron chi connectivity index (χ4n) is 1.18. The van der Waals surface area contributed by atoms with Crippen LogP contribution in [0, 0.1) is 17.0 Å². The molecule has 1 rings (SSSR count). The van der Waals surface area contributed by atoms with Gasteiger partial charge in [0.15, 0.2) is 0 Å². The lowest BCUT2D eigenvalue weighted by Crippen LogP contribution is -2.28. The maximum absolute atomic E-state index is 11.3. The first-order chi connectivity index (χ1) is 6.97. The van der Waals surface area contributed by atoms with Gasteiger partial charge < -0.3 is 5.32 Å². The van der Waals surface area contributed by atoms with Crippen LogP contribution in [-0.2, 0) is 4.79 Å². The predicted octanol–water partition coefficient (Wildman–Crippen LogP) is 0.407. The number of hydrogen-bond donors (Lipinski definition) is 1. The molecule has 0 aliphatic carbocycles. The van der Waals surface area contributed by atoms with Crippen molar-refractivity contribution in [3.05, 3.63) is 22.0 Å². The van der Waals surface area contributed by atoms with Crippen LogP contribution in [0.2, 0.25) is 0 Å². The van der Waals surface area contributed by atoms with Gasteiger partial charge in [-0.15, -0.1) is 0 Å². The molecular formula is C8H12N4O3. The number of carbonyl (C=O) groups excluding carboxylic acids is 1. The fourth-order valence-corrected chi connectivity index (χ4v) is 1.18. The van der Waals surface area contributed by atoms with Crippen molar-refractivity contribution in [2.24, 2.45) is 0 Å². The summed E-state index contributed by atoms with van der Waals surface area (Å²) in [7, 11) is 1.50. The number of carbonyl (C=O) groups is 1. The summed E-state index contributed by atoms with van der Waals surface area (Å²) in [5.74, 6) is -0.243. The molecule has 1 aromatic rings. The summed E-state index contributed by atoms with van der Waals surface area (Å²) < 4.78 is 1.28. The van der Waals surface area contributed by atoms with Crippen LogP contribution in [0.25, 0.3) is 0 Å². The highest BCUT2D eigenvalue weighted by atomic mass is 16.6. The van der Waals surface area contributed by atoms with Crippen molar-refractivity contribution in [1.29, 1.82) is 0 Å². The minimum atomic E-state index is -0.553. The van der Waals surface area contributed by atoms with E-state index in [1.165, 1.54) is 24.9 Å². The number of amides is 1. The maximum Gasteiger partial charge on any atom is 0.309 e. The molecule has 0 radical (unpaired) electrons. The van der Waals surface area contributed by atoms with Crippen molar-refractivity contribution in [3.63, 3.8) is 0 Å². The lowest BCUT2D eigenvalue weighted by atomic mass is 10.3. The van der Waals surface area contributed by atoms with Gasteiger partial charge >= 0.3 is 5.69 Å². The summed E-state index contributed by atoms with van der Waals surface area (Å²) >= 11 is 0. The average Bonchev–Trinajstić information content (AvgIpc) is 2.58. The number of nitrogens with zero attached hydrogens (tertiary/aromatic N) is 3. The fraction of sp³-hybridized carbons (Fsp3) is 0.500. The largest absolute Gasteiger partial charge is 0.357 e. The molecule has 7 nitrogen and oxygen atoms in total. The first-order valence-electron chi connectivity index (χ1n) is 4.39. The van der Waals surface area contributed by atoms with Crippen molar-refractivity contribution in [2.75, 3.05) is 7.05 Å². The number of hydrogen-bond acceptors (Lipinski definition) is 4. The van der Waals surface area contributed by atoms with Gasteiger partial charge in [0, 0.05) is 7.05 Å². The van der Waals surface area contributed by atoms with Crippen LogP contribution >= 0.6 is 0 Å². The summed E-state index contributed by atoms with van der Waals surface area (Å²) in [6.45, 7) is 3.15. The standard InChI is InChI=1S/C8H12N4O3/c1-5-7(12(14)15)4-11(10-5)6(2)8(13)9-3/h4,6H,1-3H3,(H,9,13). The number of likely N-dealkylation sites (N-methyl/N-ethyl adjacent to an activating group) is 1. The topological polar surface area (TPSA) is 90.1 Å². The summed E-state index contributed by atoms with van der Waals surface area (Å²) in [5.41, 5.74) is 0.224. The zero-order chi connectivity index (χ0) is 11.6. The quantitative estimate of drug-likeness (QED) is 0.580. The lowest BCUT2D eigenvalue weighted by molar-refractivity contribution is -0.385. The van der Waals surface area contributed by atoms with Crippen molar-refractivity contribution < 1.29 is 9.72 Å². The second-order valence-electron chi connectivity index (χ2n) is 3.13. The van der Waals surface area contributed by atoms with Gasteiger partial charge in [0.1, 0.15) is 17.9 Å². The zero-order valence-electron chi connectivity index (χ0n) is 8.72. The molecule has 82 valence electrons. The normalized spacial score (nSPS) is 12.2. The molecule has 0 fully saturated rings. The highest BCUT2D eigenvalue weighted by molar-refractivity contribution is 5.79. The van der Waals surface area contributed by atoms with E-state index in [1.807, 2.05) is 0 Å². The van der Waals surface area contributed by atoms with Crippen LogP contribution in [0.5, 0.6) is 0 Å². The first-order valence-corrected chi connectivity index (χ1v) is 4.39. The third kappa shape index (κ3) is 2.12. The van der Waals surface area contributed by atoms with Gasteiger partial charge in [-0.3, -0.25) is 19.6 Å². The molecule has 15 heavy (non-hydrogen) atoms. The SMILES string of the molecule is CNC(=O)C(C)n1cc([N+](=O)[O-])c(C)n1. The van der Waals surface area contributed by atoms with Gasteiger partial charge in [0.2, 0.25) is 5.91 Å². The second-order valence-corrected chi connectivity index (χ2v) is 3.13. The highest BCUT2D eigenvalue weighted by Gasteiger charge is 2.21. The Balaban J connectivity index is 3.02. The highest BCUT2D eigenvalue weighted by Crippen LogP contribution is 2.17. The van der Waals surface area contributed by atoms with Crippen molar-refractivity contribution in [3.8, 4) is 0 Å². The molecule has 0 saturated carbocycles. The molecule has 1 N–H and O–H groups in total. The van der Waals surface area contributed by atoms with Crippen LogP contribution in [0.4, 0.5) is 5.69 Å². The minimum Gasteiger partial charge on any atom is -0.357 e. The smallest absolute Gasteiger partial charge is 0.309 e. The van der Waals surface area contributed by atoms with Crippen molar-refractivity contribution in [1.82, 2.24) is 15.1 Å². The molecule has 7 heteroatoms. The van der Waals surface area contributed by atoms with Gasteiger partial charge in [-0.1, -0.05) is 0 Å². The Morgan fingerprint density at radius 2 is 2.33 bits per heavy atom. The van der Waals surface area contributed by atoms with E-state index in [0.29, 0.717) is 5.69 Å². The number of nitro groups is 1. The van der Waals surface area contributed by atoms with Crippen LogP contribution in [-0.4, -0.2) is 27.7 Å². The zero-order valence-corrected chi connectivity index (χ0v) is 8.72. The van der Waals surface area contributed by atoms with E-state index in [4.69, 9.17) is 0 Å². The van der Waals surface area contributed by atoms with E-state index in [9.17, 15) is 14.9 Å². The number of aryl methyl sites for hydroxylation is 1. The average molecular weight is 212 g/mol. The van der Waals surface area contributed by atoms with Gasteiger partial charge in [-0.2, -0.15) is 5.10 Å². The number of rotatable bonds is 3. The van der Waals surface area contributed by atoms with Gasteiger partial charge in [-0.05, 0) is 13.8 Å². The summed E-state index contributed by atoms with van der Waals surface area (Å²) in [4.78, 5) is 21.3. The first kappa shape index (κ1) is 11.2. The number of aromatic nitrogens is 2. The third-order valence-electron chi connectivity index (χ3n) is 2.11. The molecule has 0 bridgehead atoms. The molecule has 1 amide bonds. The summed E-state index contributed by atoms with van der Waals surface area (Å²) in [5, 5.41) is 16.9. The Morgan fingerprint density at radius 3 is 2.73 bits per heavy atom. The summed E-state index contributed by atoms with van der Waals surface area (Å²) in [6.07, 6.45) is 1.26. The predicted molar refractivity (Wildman–Crippen MR) is 52.4 cm³/mol. The lowest BCUT2D eigenvalue weighted by Gasteiger charge is -2.08. The Labute approximate surface area is 86.2 Å². The molecule has 0 spiro atoms. The van der Waals surface area contributed by atoms with E-state index in [1.54, 1.807) is 6.92 Å².